The largest absolute Gasteiger partial charge is 0.350 e. The maximum atomic E-state index is 12.2. The fourth-order valence-corrected chi connectivity index (χ4v) is 2.12. The lowest BCUT2D eigenvalue weighted by molar-refractivity contribution is -0.123. The van der Waals surface area contributed by atoms with E-state index in [1.54, 1.807) is 0 Å². The van der Waals surface area contributed by atoms with E-state index in [-0.39, 0.29) is 23.6 Å². The molecule has 2 N–H and O–H groups in total. The van der Waals surface area contributed by atoms with Crippen LogP contribution in [0.4, 0.5) is 0 Å². The second-order valence-electron chi connectivity index (χ2n) is 5.83. The number of carbonyl (C=O) groups excluding carboxylic acids is 1. The Hall–Kier alpha value is -1.69. The van der Waals surface area contributed by atoms with E-state index in [1.165, 1.54) is 10.9 Å². The monoisotopic (exact) mass is 264 g/mol. The minimum absolute atomic E-state index is 0.0177. The van der Waals surface area contributed by atoms with Crippen LogP contribution in [-0.4, -0.2) is 27.5 Å². The van der Waals surface area contributed by atoms with Crippen LogP contribution in [0.3, 0.4) is 0 Å². The zero-order valence-corrected chi connectivity index (χ0v) is 11.6. The van der Waals surface area contributed by atoms with Crippen molar-refractivity contribution in [3.8, 4) is 0 Å². The second kappa shape index (κ2) is 5.13. The molecule has 6 heteroatoms. The number of fused-ring (bicyclic) bond motifs is 1. The van der Waals surface area contributed by atoms with Gasteiger partial charge in [0.1, 0.15) is 6.54 Å². The van der Waals surface area contributed by atoms with E-state index in [0.717, 1.165) is 17.8 Å². The number of aromatic nitrogens is 2. The Bertz CT molecular complexity index is 543. The van der Waals surface area contributed by atoms with Crippen LogP contribution in [0.5, 0.6) is 0 Å². The second-order valence-corrected chi connectivity index (χ2v) is 5.83. The molecule has 0 spiro atoms. The summed E-state index contributed by atoms with van der Waals surface area (Å²) < 4.78 is 1.38. The highest BCUT2D eigenvalue weighted by molar-refractivity contribution is 5.76. The molecule has 0 fully saturated rings. The van der Waals surface area contributed by atoms with Crippen molar-refractivity contribution in [1.82, 2.24) is 20.2 Å². The highest BCUT2D eigenvalue weighted by Crippen LogP contribution is 2.05. The Morgan fingerprint density at radius 3 is 2.95 bits per heavy atom. The van der Waals surface area contributed by atoms with Crippen molar-refractivity contribution in [3.63, 3.8) is 0 Å². The average molecular weight is 264 g/mol. The molecule has 6 nitrogen and oxygen atoms in total. The summed E-state index contributed by atoms with van der Waals surface area (Å²) in [6, 6.07) is 0. The van der Waals surface area contributed by atoms with Gasteiger partial charge in [-0.05, 0) is 33.7 Å². The maximum absolute atomic E-state index is 12.2. The summed E-state index contributed by atoms with van der Waals surface area (Å²) in [5, 5.41) is 6.01. The highest BCUT2D eigenvalue weighted by atomic mass is 16.2. The SMILES string of the molecule is CC(C)(C)NC(=O)Cn1cnc2c(c1=O)CCNC2. The molecule has 0 saturated carbocycles. The number of nitrogens with one attached hydrogen (secondary N) is 2. The average Bonchev–Trinajstić information content (AvgIpc) is 2.31. The van der Waals surface area contributed by atoms with Crippen molar-refractivity contribution in [3.05, 3.63) is 27.9 Å². The summed E-state index contributed by atoms with van der Waals surface area (Å²) in [5.74, 6) is -0.176. The van der Waals surface area contributed by atoms with Crippen LogP contribution < -0.4 is 16.2 Å². The predicted molar refractivity (Wildman–Crippen MR) is 71.8 cm³/mol. The molecule has 1 aromatic rings. The van der Waals surface area contributed by atoms with E-state index < -0.39 is 0 Å². The molecule has 1 aliphatic heterocycles. The molecule has 0 saturated heterocycles. The number of hydrogen-bond acceptors (Lipinski definition) is 4. The first kappa shape index (κ1) is 13.7. The van der Waals surface area contributed by atoms with Gasteiger partial charge in [-0.2, -0.15) is 0 Å². The van der Waals surface area contributed by atoms with Crippen molar-refractivity contribution in [1.29, 1.82) is 0 Å². The van der Waals surface area contributed by atoms with Crippen LogP contribution in [0.25, 0.3) is 0 Å². The molecule has 2 heterocycles. The van der Waals surface area contributed by atoms with E-state index in [0.29, 0.717) is 13.0 Å². The van der Waals surface area contributed by atoms with Gasteiger partial charge >= 0.3 is 0 Å². The van der Waals surface area contributed by atoms with Crippen LogP contribution in [0.1, 0.15) is 32.0 Å². The van der Waals surface area contributed by atoms with Crippen LogP contribution in [0, 0.1) is 0 Å². The Balaban J connectivity index is 2.18. The molecule has 1 aliphatic rings. The fraction of sp³-hybridized carbons (Fsp3) is 0.615. The summed E-state index contributed by atoms with van der Waals surface area (Å²) in [7, 11) is 0. The summed E-state index contributed by atoms with van der Waals surface area (Å²) in [4.78, 5) is 28.3. The molecule has 0 unspecified atom stereocenters. The van der Waals surface area contributed by atoms with E-state index in [1.807, 2.05) is 20.8 Å². The van der Waals surface area contributed by atoms with Crippen molar-refractivity contribution in [2.45, 2.75) is 45.8 Å². The molecule has 2 rings (SSSR count). The van der Waals surface area contributed by atoms with Gasteiger partial charge in [-0.15, -0.1) is 0 Å². The van der Waals surface area contributed by atoms with Crippen molar-refractivity contribution < 1.29 is 4.79 Å². The lowest BCUT2D eigenvalue weighted by Crippen LogP contribution is -2.44. The van der Waals surface area contributed by atoms with Gasteiger partial charge < -0.3 is 10.6 Å². The molecule has 19 heavy (non-hydrogen) atoms. The zero-order valence-electron chi connectivity index (χ0n) is 11.6. The van der Waals surface area contributed by atoms with E-state index >= 15 is 0 Å². The van der Waals surface area contributed by atoms with E-state index in [4.69, 9.17) is 0 Å². The standard InChI is InChI=1S/C13H20N4O2/c1-13(2,3)16-11(18)7-17-8-15-10-6-14-5-4-9(10)12(17)19/h8,14H,4-7H2,1-3H3,(H,16,18). The number of rotatable bonds is 2. The third-order valence-electron chi connectivity index (χ3n) is 2.89. The molecule has 104 valence electrons. The summed E-state index contributed by atoms with van der Waals surface area (Å²) >= 11 is 0. The van der Waals surface area contributed by atoms with Gasteiger partial charge in [0.15, 0.2) is 0 Å². The number of hydrogen-bond donors (Lipinski definition) is 2. The lowest BCUT2D eigenvalue weighted by Gasteiger charge is -2.21. The third kappa shape index (κ3) is 3.41. The first-order chi connectivity index (χ1) is 8.87. The molecule has 0 aliphatic carbocycles. The minimum atomic E-state index is -0.299. The number of amides is 1. The number of nitrogens with zero attached hydrogens (tertiary/aromatic N) is 2. The first-order valence-corrected chi connectivity index (χ1v) is 6.46. The van der Waals surface area contributed by atoms with Gasteiger partial charge in [-0.3, -0.25) is 14.2 Å². The lowest BCUT2D eigenvalue weighted by atomic mass is 10.1. The summed E-state index contributed by atoms with van der Waals surface area (Å²) in [5.41, 5.74) is 1.12. The van der Waals surface area contributed by atoms with Crippen molar-refractivity contribution >= 4 is 5.91 Å². The quantitative estimate of drug-likeness (QED) is 0.776. The molecular formula is C13H20N4O2. The maximum Gasteiger partial charge on any atom is 0.257 e. The highest BCUT2D eigenvalue weighted by Gasteiger charge is 2.18. The topological polar surface area (TPSA) is 76.0 Å². The summed E-state index contributed by atoms with van der Waals surface area (Å²) in [6.07, 6.45) is 2.12. The smallest absolute Gasteiger partial charge is 0.257 e. The number of carbonyl (C=O) groups is 1. The fourth-order valence-electron chi connectivity index (χ4n) is 2.12. The van der Waals surface area contributed by atoms with Crippen LogP contribution >= 0.6 is 0 Å². The zero-order chi connectivity index (χ0) is 14.0. The van der Waals surface area contributed by atoms with Gasteiger partial charge in [0, 0.05) is 17.6 Å². The molecule has 1 aromatic heterocycles. The molecule has 0 aromatic carbocycles. The predicted octanol–water partition coefficient (Wildman–Crippen LogP) is -0.196. The van der Waals surface area contributed by atoms with Gasteiger partial charge in [-0.25, -0.2) is 4.98 Å². The van der Waals surface area contributed by atoms with E-state index in [2.05, 4.69) is 15.6 Å². The van der Waals surface area contributed by atoms with Gasteiger partial charge in [0.25, 0.3) is 5.56 Å². The molecule has 0 bridgehead atoms. The van der Waals surface area contributed by atoms with Gasteiger partial charge in [0.05, 0.1) is 12.0 Å². The third-order valence-corrected chi connectivity index (χ3v) is 2.89. The Morgan fingerprint density at radius 2 is 2.26 bits per heavy atom. The van der Waals surface area contributed by atoms with Gasteiger partial charge in [0.2, 0.25) is 5.91 Å². The summed E-state index contributed by atoms with van der Waals surface area (Å²) in [6.45, 7) is 7.14. The van der Waals surface area contributed by atoms with Crippen LogP contribution in [0.15, 0.2) is 11.1 Å². The van der Waals surface area contributed by atoms with Crippen LogP contribution in [0.2, 0.25) is 0 Å². The van der Waals surface area contributed by atoms with Crippen LogP contribution in [-0.2, 0) is 24.3 Å². The molecule has 0 atom stereocenters. The van der Waals surface area contributed by atoms with E-state index in [9.17, 15) is 9.59 Å². The Morgan fingerprint density at radius 1 is 1.53 bits per heavy atom. The molecular weight excluding hydrogens is 244 g/mol. The normalized spacial score (nSPS) is 14.9. The minimum Gasteiger partial charge on any atom is -0.350 e. The van der Waals surface area contributed by atoms with Crippen molar-refractivity contribution in [2.24, 2.45) is 0 Å². The molecule has 0 radical (unpaired) electrons. The Labute approximate surface area is 112 Å². The Kier molecular flexibility index (Phi) is 3.71. The first-order valence-electron chi connectivity index (χ1n) is 6.46. The van der Waals surface area contributed by atoms with Gasteiger partial charge in [-0.1, -0.05) is 0 Å². The van der Waals surface area contributed by atoms with Crippen molar-refractivity contribution in [2.75, 3.05) is 6.54 Å². The molecule has 1 amide bonds.